The van der Waals surface area contributed by atoms with Gasteiger partial charge in [-0.05, 0) is 40.7 Å². The normalized spacial score (nSPS) is 27.5. The Hall–Kier alpha value is -0.850. The molecule has 6 heteroatoms. The Bertz CT molecular complexity index is 390. The lowest BCUT2D eigenvalue weighted by molar-refractivity contribution is 0.0206. The van der Waals surface area contributed by atoms with Gasteiger partial charge in [0.25, 0.3) is 0 Å². The van der Waals surface area contributed by atoms with E-state index in [2.05, 4.69) is 10.2 Å². The average Bonchev–Trinajstić information content (AvgIpc) is 2.76. The maximum absolute atomic E-state index is 11.8. The molecule has 1 saturated carbocycles. The van der Waals surface area contributed by atoms with Gasteiger partial charge in [-0.25, -0.2) is 4.79 Å². The lowest BCUT2D eigenvalue weighted by Crippen LogP contribution is -2.53. The number of carbonyl (C=O) groups excluding carboxylic acids is 1. The van der Waals surface area contributed by atoms with Crippen molar-refractivity contribution in [2.24, 2.45) is 5.41 Å². The van der Waals surface area contributed by atoms with Crippen molar-refractivity contribution in [3.63, 3.8) is 0 Å². The quantitative estimate of drug-likeness (QED) is 0.802. The van der Waals surface area contributed by atoms with E-state index >= 15 is 0 Å². The molecule has 2 rings (SSSR count). The summed E-state index contributed by atoms with van der Waals surface area (Å²) in [7, 11) is 2.02. The minimum absolute atomic E-state index is 0.0546. The molecule has 1 aliphatic carbocycles. The molecule has 2 atom stereocenters. The Balaban J connectivity index is 1.83. The van der Waals surface area contributed by atoms with Crippen LogP contribution >= 0.6 is 0 Å². The third kappa shape index (κ3) is 4.57. The maximum atomic E-state index is 11.8. The van der Waals surface area contributed by atoms with Crippen molar-refractivity contribution in [3.8, 4) is 0 Å². The van der Waals surface area contributed by atoms with Gasteiger partial charge in [-0.15, -0.1) is 0 Å². The average molecular weight is 314 g/mol. The summed E-state index contributed by atoms with van der Waals surface area (Å²) in [4.78, 5) is 14.0. The largest absolute Gasteiger partial charge is 0.444 e. The molecule has 0 aromatic rings. The second-order valence-electron chi connectivity index (χ2n) is 7.80. The number of nitrogens with one attached hydrogen (secondary N) is 1. The molecule has 0 radical (unpaired) electrons. The van der Waals surface area contributed by atoms with Crippen LogP contribution in [0.15, 0.2) is 0 Å². The van der Waals surface area contributed by atoms with Gasteiger partial charge in [0.1, 0.15) is 5.60 Å². The van der Waals surface area contributed by atoms with E-state index in [1.807, 2.05) is 27.8 Å². The van der Waals surface area contributed by atoms with E-state index in [1.54, 1.807) is 0 Å². The van der Waals surface area contributed by atoms with Crippen LogP contribution in [-0.2, 0) is 9.47 Å². The molecular weight excluding hydrogens is 284 g/mol. The molecule has 22 heavy (non-hydrogen) atoms. The highest BCUT2D eigenvalue weighted by Crippen LogP contribution is 2.41. The fourth-order valence-electron chi connectivity index (χ4n) is 3.24. The van der Waals surface area contributed by atoms with E-state index in [0.717, 1.165) is 19.4 Å². The lowest BCUT2D eigenvalue weighted by atomic mass is 9.68. The van der Waals surface area contributed by atoms with E-state index in [1.165, 1.54) is 6.42 Å². The smallest absolute Gasteiger partial charge is 0.407 e. The van der Waals surface area contributed by atoms with E-state index in [-0.39, 0.29) is 17.6 Å². The number of nitrogens with zero attached hydrogens (tertiary/aromatic N) is 1. The number of alkyl carbamates (subject to hydrolysis) is 1. The predicted octanol–water partition coefficient (Wildman–Crippen LogP) is 1.37. The van der Waals surface area contributed by atoms with E-state index in [4.69, 9.17) is 9.47 Å². The zero-order chi connectivity index (χ0) is 16.4. The summed E-state index contributed by atoms with van der Waals surface area (Å²) in [6.07, 6.45) is 2.60. The molecule has 0 bridgehead atoms. The van der Waals surface area contributed by atoms with Crippen LogP contribution in [-0.4, -0.2) is 67.2 Å². The molecular formula is C16H30N2O4. The molecule has 0 aromatic heterocycles. The summed E-state index contributed by atoms with van der Waals surface area (Å²) in [5.74, 6) is 0. The van der Waals surface area contributed by atoms with Crippen molar-refractivity contribution in [1.29, 1.82) is 0 Å². The third-order valence-electron chi connectivity index (χ3n) is 4.59. The number of amides is 1. The zero-order valence-corrected chi connectivity index (χ0v) is 14.2. The van der Waals surface area contributed by atoms with Gasteiger partial charge in [0.05, 0.1) is 25.4 Å². The van der Waals surface area contributed by atoms with Crippen LogP contribution < -0.4 is 5.32 Å². The molecule has 1 aliphatic heterocycles. The second-order valence-corrected chi connectivity index (χ2v) is 7.80. The standard InChI is InChI=1S/C16H30N2O4/c1-15(2,3)22-14(20)17-10-16(6-5-7-16)11-18(4)12-8-21-9-13(12)19/h12-13,19H,5-11H2,1-4H3,(H,17,20)/t12-,13-/m1/s1. The zero-order valence-electron chi connectivity index (χ0n) is 14.2. The van der Waals surface area contributed by atoms with Crippen molar-refractivity contribution in [1.82, 2.24) is 10.2 Å². The molecule has 0 unspecified atom stereocenters. The van der Waals surface area contributed by atoms with Gasteiger partial charge in [-0.1, -0.05) is 6.42 Å². The summed E-state index contributed by atoms with van der Waals surface area (Å²) in [6, 6.07) is 0.0546. The summed E-state index contributed by atoms with van der Waals surface area (Å²) >= 11 is 0. The number of aliphatic hydroxyl groups excluding tert-OH is 1. The summed E-state index contributed by atoms with van der Waals surface area (Å²) in [6.45, 7) is 8.05. The SMILES string of the molecule is CN(CC1(CNC(=O)OC(C)(C)C)CCC1)[C@@H]1COC[C@H]1O. The predicted molar refractivity (Wildman–Crippen MR) is 83.8 cm³/mol. The first-order valence-corrected chi connectivity index (χ1v) is 8.14. The summed E-state index contributed by atoms with van der Waals surface area (Å²) < 4.78 is 10.6. The Morgan fingerprint density at radius 3 is 2.55 bits per heavy atom. The van der Waals surface area contributed by atoms with E-state index in [0.29, 0.717) is 19.8 Å². The lowest BCUT2D eigenvalue weighted by Gasteiger charge is -2.45. The van der Waals surface area contributed by atoms with Gasteiger partial charge in [0.15, 0.2) is 0 Å². The Labute approximate surface area is 133 Å². The summed E-state index contributed by atoms with van der Waals surface area (Å²) in [5, 5.41) is 12.8. The van der Waals surface area contributed by atoms with Gasteiger partial charge in [0, 0.05) is 18.5 Å². The van der Waals surface area contributed by atoms with Crippen LogP contribution in [0, 0.1) is 5.41 Å². The van der Waals surface area contributed by atoms with Crippen molar-refractivity contribution in [3.05, 3.63) is 0 Å². The Morgan fingerprint density at radius 2 is 2.09 bits per heavy atom. The highest BCUT2D eigenvalue weighted by atomic mass is 16.6. The molecule has 2 fully saturated rings. The van der Waals surface area contributed by atoms with Crippen LogP contribution in [0.25, 0.3) is 0 Å². The number of rotatable bonds is 5. The third-order valence-corrected chi connectivity index (χ3v) is 4.59. The van der Waals surface area contributed by atoms with E-state index < -0.39 is 11.7 Å². The van der Waals surface area contributed by atoms with Crippen LogP contribution in [0.3, 0.4) is 0 Å². The number of carbonyl (C=O) groups is 1. The fourth-order valence-corrected chi connectivity index (χ4v) is 3.24. The number of hydrogen-bond acceptors (Lipinski definition) is 5. The topological polar surface area (TPSA) is 71.0 Å². The molecule has 6 nitrogen and oxygen atoms in total. The Morgan fingerprint density at radius 1 is 1.41 bits per heavy atom. The second kappa shape index (κ2) is 6.72. The molecule has 0 spiro atoms. The van der Waals surface area contributed by atoms with Gasteiger partial charge in [-0.3, -0.25) is 4.90 Å². The number of aliphatic hydroxyl groups is 1. The minimum atomic E-state index is -0.473. The molecule has 0 aromatic carbocycles. The van der Waals surface area contributed by atoms with Crippen molar-refractivity contribution >= 4 is 6.09 Å². The van der Waals surface area contributed by atoms with Crippen molar-refractivity contribution in [2.75, 3.05) is 33.4 Å². The first-order valence-electron chi connectivity index (χ1n) is 8.14. The first-order chi connectivity index (χ1) is 10.2. The highest BCUT2D eigenvalue weighted by Gasteiger charge is 2.41. The molecule has 1 saturated heterocycles. The molecule has 2 N–H and O–H groups in total. The molecule has 1 heterocycles. The minimum Gasteiger partial charge on any atom is -0.444 e. The highest BCUT2D eigenvalue weighted by molar-refractivity contribution is 5.67. The van der Waals surface area contributed by atoms with Gasteiger partial charge >= 0.3 is 6.09 Å². The van der Waals surface area contributed by atoms with E-state index in [9.17, 15) is 9.90 Å². The first kappa shape index (κ1) is 17.5. The number of likely N-dealkylation sites (N-methyl/N-ethyl adjacent to an activating group) is 1. The van der Waals surface area contributed by atoms with Crippen LogP contribution in [0.1, 0.15) is 40.0 Å². The van der Waals surface area contributed by atoms with Crippen molar-refractivity contribution in [2.45, 2.75) is 57.8 Å². The molecule has 128 valence electrons. The van der Waals surface area contributed by atoms with Crippen LogP contribution in [0.5, 0.6) is 0 Å². The number of ether oxygens (including phenoxy) is 2. The van der Waals surface area contributed by atoms with Crippen LogP contribution in [0.2, 0.25) is 0 Å². The monoisotopic (exact) mass is 314 g/mol. The van der Waals surface area contributed by atoms with Gasteiger partial charge in [-0.2, -0.15) is 0 Å². The number of hydrogen-bond donors (Lipinski definition) is 2. The Kier molecular flexibility index (Phi) is 5.35. The van der Waals surface area contributed by atoms with Crippen molar-refractivity contribution < 1.29 is 19.4 Å². The van der Waals surface area contributed by atoms with Gasteiger partial charge in [0.2, 0.25) is 0 Å². The summed E-state index contributed by atoms with van der Waals surface area (Å²) in [5.41, 5.74) is -0.382. The molecule has 1 amide bonds. The van der Waals surface area contributed by atoms with Crippen LogP contribution in [0.4, 0.5) is 4.79 Å². The van der Waals surface area contributed by atoms with Gasteiger partial charge < -0.3 is 19.9 Å². The fraction of sp³-hybridized carbons (Fsp3) is 0.938. The molecule has 2 aliphatic rings. The maximum Gasteiger partial charge on any atom is 0.407 e.